The number of fused-ring (bicyclic) bond motifs is 4. The summed E-state index contributed by atoms with van der Waals surface area (Å²) in [5, 5.41) is 1.13. The van der Waals surface area contributed by atoms with E-state index in [1.54, 1.807) is 0 Å². The number of hydrogen-bond donors (Lipinski definition) is 0. The number of aromatic nitrogens is 1. The highest BCUT2D eigenvalue weighted by Gasteiger charge is 2.39. The van der Waals surface area contributed by atoms with Crippen molar-refractivity contribution in [2.45, 2.75) is 19.3 Å². The van der Waals surface area contributed by atoms with Crippen molar-refractivity contribution in [3.63, 3.8) is 0 Å². The van der Waals surface area contributed by atoms with Gasteiger partial charge in [-0.15, -0.1) is 0 Å². The Bertz CT molecular complexity index is 2500. The van der Waals surface area contributed by atoms with Crippen LogP contribution in [0, 0.1) is 0 Å². The zero-order chi connectivity index (χ0) is 33.7. The van der Waals surface area contributed by atoms with Crippen LogP contribution in [0.15, 0.2) is 182 Å². The Hall–Kier alpha value is -6.25. The van der Waals surface area contributed by atoms with Gasteiger partial charge in [-0.3, -0.25) is 0 Å². The maximum absolute atomic E-state index is 5.43. The molecule has 2 nitrogen and oxygen atoms in total. The fraction of sp³-hybridized carbons (Fsp3) is 0.0625. The Morgan fingerprint density at radius 1 is 0.440 bits per heavy atom. The van der Waals surface area contributed by atoms with E-state index in [9.17, 15) is 0 Å². The van der Waals surface area contributed by atoms with Crippen LogP contribution in [0.5, 0.6) is 0 Å². The molecular weight excluding hydrogens is 605 g/mol. The van der Waals surface area contributed by atoms with Gasteiger partial charge in [0.2, 0.25) is 0 Å². The molecule has 0 aliphatic heterocycles. The highest BCUT2D eigenvalue weighted by molar-refractivity contribution is 6.00. The monoisotopic (exact) mass is 640 g/mol. The van der Waals surface area contributed by atoms with Gasteiger partial charge in [0.15, 0.2) is 0 Å². The Kier molecular flexibility index (Phi) is 7.17. The number of pyridine rings is 1. The normalized spacial score (nSPS) is 12.8. The van der Waals surface area contributed by atoms with E-state index in [4.69, 9.17) is 4.98 Å². The van der Waals surface area contributed by atoms with Crippen LogP contribution in [-0.2, 0) is 5.41 Å². The van der Waals surface area contributed by atoms with Crippen molar-refractivity contribution in [1.29, 1.82) is 0 Å². The average molecular weight is 641 g/mol. The van der Waals surface area contributed by atoms with Gasteiger partial charge in [-0.1, -0.05) is 147 Å². The third-order valence-electron chi connectivity index (χ3n) is 10.2. The van der Waals surface area contributed by atoms with Crippen molar-refractivity contribution in [3.8, 4) is 44.6 Å². The standard InChI is InChI=1S/C48H36N2/c1-48(2)42-27-14-13-26-40(42)46-43(48)31-37(47-41(34-19-8-4-9-20-34)30-36-21-12-15-28-44(36)49-47)32-45(46)50(38-23-10-5-11-24-38)39-25-16-22-35(29-39)33-17-6-3-7-18-33/h3-32H,1-2H3. The molecular formula is C48H36N2. The minimum Gasteiger partial charge on any atom is -0.310 e. The smallest absolute Gasteiger partial charge is 0.0788 e. The number of rotatable bonds is 6. The number of anilines is 3. The summed E-state index contributed by atoms with van der Waals surface area (Å²) in [6.07, 6.45) is 0. The summed E-state index contributed by atoms with van der Waals surface area (Å²) in [5.41, 5.74) is 16.1. The van der Waals surface area contributed by atoms with Gasteiger partial charge in [0.05, 0.1) is 16.9 Å². The van der Waals surface area contributed by atoms with Gasteiger partial charge >= 0.3 is 0 Å². The summed E-state index contributed by atoms with van der Waals surface area (Å²) in [6, 6.07) is 65.5. The van der Waals surface area contributed by atoms with Gasteiger partial charge in [0.25, 0.3) is 0 Å². The van der Waals surface area contributed by atoms with Crippen LogP contribution >= 0.6 is 0 Å². The Labute approximate surface area is 294 Å². The first kappa shape index (κ1) is 29.9. The van der Waals surface area contributed by atoms with Crippen molar-refractivity contribution in [2.24, 2.45) is 0 Å². The zero-order valence-electron chi connectivity index (χ0n) is 28.2. The Morgan fingerprint density at radius 2 is 1.06 bits per heavy atom. The van der Waals surface area contributed by atoms with E-state index in [-0.39, 0.29) is 5.41 Å². The molecule has 7 aromatic carbocycles. The molecule has 9 rings (SSSR count). The summed E-state index contributed by atoms with van der Waals surface area (Å²) in [5.74, 6) is 0. The number of benzene rings is 7. The molecule has 0 atom stereocenters. The highest BCUT2D eigenvalue weighted by atomic mass is 15.1. The molecule has 50 heavy (non-hydrogen) atoms. The van der Waals surface area contributed by atoms with Crippen molar-refractivity contribution in [3.05, 3.63) is 193 Å². The van der Waals surface area contributed by atoms with Crippen LogP contribution < -0.4 is 4.90 Å². The Morgan fingerprint density at radius 3 is 1.84 bits per heavy atom. The average Bonchev–Trinajstić information content (AvgIpc) is 3.41. The van der Waals surface area contributed by atoms with E-state index < -0.39 is 0 Å². The largest absolute Gasteiger partial charge is 0.310 e. The lowest BCUT2D eigenvalue weighted by molar-refractivity contribution is 0.660. The lowest BCUT2D eigenvalue weighted by Gasteiger charge is -2.30. The molecule has 0 bridgehead atoms. The molecule has 1 aliphatic carbocycles. The highest BCUT2D eigenvalue weighted by Crippen LogP contribution is 2.56. The number of para-hydroxylation sites is 2. The van der Waals surface area contributed by atoms with Crippen LogP contribution in [0.25, 0.3) is 55.5 Å². The SMILES string of the molecule is CC1(C)c2ccccc2-c2c(N(c3ccccc3)c3cccc(-c4ccccc4)c3)cc(-c3nc4ccccc4cc3-c3ccccc3)cc21. The predicted octanol–water partition coefficient (Wildman–Crippen LogP) is 13.0. The third-order valence-corrected chi connectivity index (χ3v) is 10.2. The van der Waals surface area contributed by atoms with E-state index in [0.29, 0.717) is 0 Å². The summed E-state index contributed by atoms with van der Waals surface area (Å²) in [4.78, 5) is 7.87. The molecule has 8 aromatic rings. The molecule has 0 amide bonds. The maximum Gasteiger partial charge on any atom is 0.0788 e. The topological polar surface area (TPSA) is 16.1 Å². The zero-order valence-corrected chi connectivity index (χ0v) is 28.2. The first-order valence-corrected chi connectivity index (χ1v) is 17.3. The van der Waals surface area contributed by atoms with Gasteiger partial charge in [0.1, 0.15) is 0 Å². The predicted molar refractivity (Wildman–Crippen MR) is 210 cm³/mol. The van der Waals surface area contributed by atoms with Crippen LogP contribution in [0.3, 0.4) is 0 Å². The molecule has 0 saturated heterocycles. The van der Waals surface area contributed by atoms with Crippen molar-refractivity contribution >= 4 is 28.0 Å². The van der Waals surface area contributed by atoms with Gasteiger partial charge < -0.3 is 4.90 Å². The second-order valence-corrected chi connectivity index (χ2v) is 13.6. The van der Waals surface area contributed by atoms with Crippen LogP contribution in [0.4, 0.5) is 17.1 Å². The first-order valence-electron chi connectivity index (χ1n) is 17.3. The fourth-order valence-corrected chi connectivity index (χ4v) is 7.74. The van der Waals surface area contributed by atoms with E-state index >= 15 is 0 Å². The van der Waals surface area contributed by atoms with E-state index in [1.165, 1.54) is 33.4 Å². The molecule has 238 valence electrons. The molecule has 1 aliphatic rings. The van der Waals surface area contributed by atoms with Crippen LogP contribution in [0.2, 0.25) is 0 Å². The number of hydrogen-bond acceptors (Lipinski definition) is 2. The molecule has 0 unspecified atom stereocenters. The second kappa shape index (κ2) is 12.0. The summed E-state index contributed by atoms with van der Waals surface area (Å²) < 4.78 is 0. The Balaban J connectivity index is 1.37. The minimum absolute atomic E-state index is 0.214. The van der Waals surface area contributed by atoms with Crippen LogP contribution in [0.1, 0.15) is 25.0 Å². The summed E-state index contributed by atoms with van der Waals surface area (Å²) >= 11 is 0. The van der Waals surface area contributed by atoms with Crippen LogP contribution in [-0.4, -0.2) is 4.98 Å². The van der Waals surface area contributed by atoms with E-state index in [0.717, 1.165) is 50.3 Å². The third kappa shape index (κ3) is 5.00. The minimum atomic E-state index is -0.214. The molecule has 0 saturated carbocycles. The van der Waals surface area contributed by atoms with Gasteiger partial charge in [-0.05, 0) is 81.9 Å². The molecule has 0 spiro atoms. The van der Waals surface area contributed by atoms with Gasteiger partial charge in [-0.25, -0.2) is 4.98 Å². The second-order valence-electron chi connectivity index (χ2n) is 13.6. The summed E-state index contributed by atoms with van der Waals surface area (Å²) in [7, 11) is 0. The molecule has 1 heterocycles. The van der Waals surface area contributed by atoms with Crippen molar-refractivity contribution < 1.29 is 0 Å². The molecule has 0 N–H and O–H groups in total. The maximum atomic E-state index is 5.43. The molecule has 0 fully saturated rings. The lowest BCUT2D eigenvalue weighted by atomic mass is 9.81. The number of nitrogens with zero attached hydrogens (tertiary/aromatic N) is 2. The first-order chi connectivity index (χ1) is 24.6. The lowest BCUT2D eigenvalue weighted by Crippen LogP contribution is -2.16. The van der Waals surface area contributed by atoms with Crippen molar-refractivity contribution in [1.82, 2.24) is 4.98 Å². The quantitative estimate of drug-likeness (QED) is 0.180. The fourth-order valence-electron chi connectivity index (χ4n) is 7.74. The molecule has 1 aromatic heterocycles. The van der Waals surface area contributed by atoms with Crippen molar-refractivity contribution in [2.75, 3.05) is 4.90 Å². The van der Waals surface area contributed by atoms with E-state index in [1.807, 2.05) is 0 Å². The van der Waals surface area contributed by atoms with Gasteiger partial charge in [0, 0.05) is 38.9 Å². The van der Waals surface area contributed by atoms with E-state index in [2.05, 4.69) is 201 Å². The summed E-state index contributed by atoms with van der Waals surface area (Å²) in [6.45, 7) is 4.72. The molecule has 0 radical (unpaired) electrons. The molecule has 2 heteroatoms. The van der Waals surface area contributed by atoms with Gasteiger partial charge in [-0.2, -0.15) is 0 Å².